The molecule has 0 aliphatic rings. The number of hydrogen-bond donors (Lipinski definition) is 1. The highest BCUT2D eigenvalue weighted by molar-refractivity contribution is 6.04. The van der Waals surface area contributed by atoms with Gasteiger partial charge >= 0.3 is 0 Å². The van der Waals surface area contributed by atoms with Crippen LogP contribution in [0.5, 0.6) is 0 Å². The van der Waals surface area contributed by atoms with Crippen LogP contribution >= 0.6 is 0 Å². The van der Waals surface area contributed by atoms with Crippen LogP contribution in [0.25, 0.3) is 6.08 Å². The maximum absolute atomic E-state index is 11.8. The van der Waals surface area contributed by atoms with Crippen molar-refractivity contribution in [2.75, 3.05) is 12.4 Å². The fourth-order valence-corrected chi connectivity index (χ4v) is 1.64. The Morgan fingerprint density at radius 2 is 2.15 bits per heavy atom. The number of nitrogens with zero attached hydrogens (tertiary/aromatic N) is 2. The largest absolute Gasteiger partial charge is 0.383 e. The highest BCUT2D eigenvalue weighted by Crippen LogP contribution is 2.26. The minimum Gasteiger partial charge on any atom is -0.383 e. The molecule has 1 aromatic carbocycles. The van der Waals surface area contributed by atoms with Gasteiger partial charge in [0.25, 0.3) is 5.69 Å². The molecule has 20 heavy (non-hydrogen) atoms. The third-order valence-electron chi connectivity index (χ3n) is 2.71. The summed E-state index contributed by atoms with van der Waals surface area (Å²) >= 11 is 0. The predicted octanol–water partition coefficient (Wildman–Crippen LogP) is 2.77. The molecule has 0 aromatic heterocycles. The number of nitrogens with one attached hydrogen (secondary N) is 1. The van der Waals surface area contributed by atoms with E-state index in [0.717, 1.165) is 0 Å². The molecule has 0 fully saturated rings. The van der Waals surface area contributed by atoms with Crippen molar-refractivity contribution in [1.82, 2.24) is 0 Å². The number of nitro groups is 1. The van der Waals surface area contributed by atoms with Gasteiger partial charge in [0.15, 0.2) is 5.78 Å². The Bertz CT molecular complexity index is 613. The van der Waals surface area contributed by atoms with Crippen molar-refractivity contribution in [3.05, 3.63) is 39.4 Å². The van der Waals surface area contributed by atoms with Gasteiger partial charge in [0.2, 0.25) is 0 Å². The lowest BCUT2D eigenvalue weighted by Crippen LogP contribution is -2.08. The summed E-state index contributed by atoms with van der Waals surface area (Å²) in [5.74, 6) is -0.583. The Labute approximate surface area is 116 Å². The average Bonchev–Trinajstić information content (AvgIpc) is 2.43. The molecule has 0 unspecified atom stereocenters. The van der Waals surface area contributed by atoms with Crippen LogP contribution in [0.2, 0.25) is 0 Å². The van der Waals surface area contributed by atoms with Crippen LogP contribution in [0.4, 0.5) is 11.4 Å². The summed E-state index contributed by atoms with van der Waals surface area (Å²) < 4.78 is 0. The van der Waals surface area contributed by atoms with Crippen molar-refractivity contribution in [3.8, 4) is 6.07 Å². The molecule has 0 bridgehead atoms. The summed E-state index contributed by atoms with van der Waals surface area (Å²) in [6.07, 6.45) is 1.37. The zero-order chi connectivity index (χ0) is 15.3. The van der Waals surface area contributed by atoms with Gasteiger partial charge < -0.3 is 5.32 Å². The number of carbonyl (C=O) groups is 1. The summed E-state index contributed by atoms with van der Waals surface area (Å²) in [4.78, 5) is 22.2. The topological polar surface area (TPSA) is 96.0 Å². The van der Waals surface area contributed by atoms with Gasteiger partial charge in [-0.3, -0.25) is 14.9 Å². The number of allylic oxidation sites excluding steroid dienone is 1. The molecule has 0 heterocycles. The minimum atomic E-state index is -0.514. The number of carbonyl (C=O) groups excluding carboxylic acids is 1. The maximum atomic E-state index is 11.8. The number of anilines is 1. The average molecular weight is 273 g/mol. The molecule has 6 heteroatoms. The zero-order valence-electron chi connectivity index (χ0n) is 11.5. The first-order valence-electron chi connectivity index (χ1n) is 6.03. The summed E-state index contributed by atoms with van der Waals surface area (Å²) in [6.45, 7) is 3.39. The number of nitro benzene ring substituents is 1. The van der Waals surface area contributed by atoms with E-state index < -0.39 is 4.92 Å². The summed E-state index contributed by atoms with van der Waals surface area (Å²) in [5, 5.41) is 22.7. The SMILES string of the molecule is CNc1ccc(C=C(C#N)C(=O)C(C)C)cc1[N+](=O)[O-]. The molecule has 1 N–H and O–H groups in total. The van der Waals surface area contributed by atoms with Gasteiger partial charge in [-0.1, -0.05) is 19.9 Å². The van der Waals surface area contributed by atoms with Crippen LogP contribution in [-0.2, 0) is 4.79 Å². The van der Waals surface area contributed by atoms with Crippen LogP contribution in [0.3, 0.4) is 0 Å². The molecule has 1 rings (SSSR count). The molecule has 6 nitrogen and oxygen atoms in total. The third kappa shape index (κ3) is 3.42. The highest BCUT2D eigenvalue weighted by atomic mass is 16.6. The summed E-state index contributed by atoms with van der Waals surface area (Å²) in [7, 11) is 1.58. The van der Waals surface area contributed by atoms with Gasteiger partial charge in [-0.15, -0.1) is 0 Å². The number of nitriles is 1. The molecule has 0 amide bonds. The number of rotatable bonds is 5. The van der Waals surface area contributed by atoms with Crippen molar-refractivity contribution in [2.45, 2.75) is 13.8 Å². The molecule has 0 spiro atoms. The summed E-state index contributed by atoms with van der Waals surface area (Å²) in [6, 6.07) is 6.32. The van der Waals surface area contributed by atoms with E-state index in [1.165, 1.54) is 12.1 Å². The Hall–Kier alpha value is -2.68. The number of hydrogen-bond acceptors (Lipinski definition) is 5. The van der Waals surface area contributed by atoms with Crippen molar-refractivity contribution in [1.29, 1.82) is 5.26 Å². The second-order valence-corrected chi connectivity index (χ2v) is 4.47. The lowest BCUT2D eigenvalue weighted by atomic mass is 9.99. The Balaban J connectivity index is 3.28. The van der Waals surface area contributed by atoms with Gasteiger partial charge in [0, 0.05) is 19.0 Å². The first-order valence-corrected chi connectivity index (χ1v) is 6.03. The lowest BCUT2D eigenvalue weighted by Gasteiger charge is -2.04. The fourth-order valence-electron chi connectivity index (χ4n) is 1.64. The minimum absolute atomic E-state index is 0.00787. The molecule has 104 valence electrons. The van der Waals surface area contributed by atoms with Crippen molar-refractivity contribution in [3.63, 3.8) is 0 Å². The first-order chi connectivity index (χ1) is 9.40. The normalized spacial score (nSPS) is 11.1. The van der Waals surface area contributed by atoms with Crippen LogP contribution in [0, 0.1) is 27.4 Å². The van der Waals surface area contributed by atoms with Crippen molar-refractivity contribution in [2.24, 2.45) is 5.92 Å². The predicted molar refractivity (Wildman–Crippen MR) is 76.1 cm³/mol. The van der Waals surface area contributed by atoms with Gasteiger partial charge in [0.1, 0.15) is 11.8 Å². The molecule has 1 aromatic rings. The van der Waals surface area contributed by atoms with Gasteiger partial charge in [-0.05, 0) is 17.7 Å². The smallest absolute Gasteiger partial charge is 0.292 e. The molecule has 0 radical (unpaired) electrons. The summed E-state index contributed by atoms with van der Waals surface area (Å²) in [5.41, 5.74) is 0.712. The number of Topliss-reactive ketones (excluding diaryl/α,β-unsaturated/α-hetero) is 1. The molecule has 0 aliphatic carbocycles. The Kier molecular flexibility index (Phi) is 4.98. The van der Waals surface area contributed by atoms with E-state index in [9.17, 15) is 14.9 Å². The second kappa shape index (κ2) is 6.48. The quantitative estimate of drug-likeness (QED) is 0.385. The van der Waals surface area contributed by atoms with Crippen molar-refractivity contribution < 1.29 is 9.72 Å². The van der Waals surface area contributed by atoms with E-state index >= 15 is 0 Å². The maximum Gasteiger partial charge on any atom is 0.292 e. The number of benzene rings is 1. The molecular weight excluding hydrogens is 258 g/mol. The molecule has 0 atom stereocenters. The van der Waals surface area contributed by atoms with Gasteiger partial charge in [-0.2, -0.15) is 5.26 Å². The Morgan fingerprint density at radius 1 is 1.50 bits per heavy atom. The standard InChI is InChI=1S/C14H15N3O3/c1-9(2)14(18)11(8-15)6-10-4-5-12(16-3)13(7-10)17(19)20/h4-7,9,16H,1-3H3. The molecule has 0 saturated carbocycles. The van der Waals surface area contributed by atoms with Gasteiger partial charge in [-0.25, -0.2) is 0 Å². The van der Waals surface area contributed by atoms with Crippen LogP contribution in [0.15, 0.2) is 23.8 Å². The monoisotopic (exact) mass is 273 g/mol. The van der Waals surface area contributed by atoms with Crippen LogP contribution in [-0.4, -0.2) is 17.8 Å². The van der Waals surface area contributed by atoms with Crippen LogP contribution < -0.4 is 5.32 Å². The van der Waals surface area contributed by atoms with Gasteiger partial charge in [0.05, 0.1) is 10.5 Å². The fraction of sp³-hybridized carbons (Fsp3) is 0.286. The second-order valence-electron chi connectivity index (χ2n) is 4.47. The zero-order valence-corrected chi connectivity index (χ0v) is 11.5. The van der Waals surface area contributed by atoms with E-state index in [4.69, 9.17) is 5.26 Å². The molecular formula is C14H15N3O3. The lowest BCUT2D eigenvalue weighted by molar-refractivity contribution is -0.384. The third-order valence-corrected chi connectivity index (χ3v) is 2.71. The Morgan fingerprint density at radius 3 is 2.60 bits per heavy atom. The molecule has 0 saturated heterocycles. The van der Waals surface area contributed by atoms with E-state index in [1.807, 2.05) is 6.07 Å². The molecule has 0 aliphatic heterocycles. The number of ketones is 1. The van der Waals surface area contributed by atoms with E-state index in [1.54, 1.807) is 33.0 Å². The van der Waals surface area contributed by atoms with E-state index in [0.29, 0.717) is 11.3 Å². The highest BCUT2D eigenvalue weighted by Gasteiger charge is 2.16. The van der Waals surface area contributed by atoms with Crippen LogP contribution in [0.1, 0.15) is 19.4 Å². The van der Waals surface area contributed by atoms with E-state index in [2.05, 4.69) is 5.32 Å². The first kappa shape index (κ1) is 15.4. The van der Waals surface area contributed by atoms with E-state index in [-0.39, 0.29) is 23.0 Å². The van der Waals surface area contributed by atoms with Crippen molar-refractivity contribution >= 4 is 23.2 Å².